The number of carboxylic acids is 1. The Morgan fingerprint density at radius 3 is 2.94 bits per heavy atom. The lowest BCUT2D eigenvalue weighted by Crippen LogP contribution is -2.47. The summed E-state index contributed by atoms with van der Waals surface area (Å²) in [6, 6.07) is 3.16. The molecule has 0 spiro atoms. The number of amides is 1. The van der Waals surface area contributed by atoms with Gasteiger partial charge in [-0.15, -0.1) is 11.3 Å². The Morgan fingerprint density at radius 1 is 1.44 bits per heavy atom. The van der Waals surface area contributed by atoms with Crippen LogP contribution in [0.4, 0.5) is 0 Å². The molecule has 0 radical (unpaired) electrons. The van der Waals surface area contributed by atoms with Crippen LogP contribution in [0.3, 0.4) is 0 Å². The average Bonchev–Trinajstić information content (AvgIpc) is 2.89. The van der Waals surface area contributed by atoms with Crippen molar-refractivity contribution in [2.45, 2.75) is 25.3 Å². The predicted molar refractivity (Wildman–Crippen MR) is 70.3 cm³/mol. The summed E-state index contributed by atoms with van der Waals surface area (Å²) in [7, 11) is 0. The summed E-state index contributed by atoms with van der Waals surface area (Å²) in [4.78, 5) is 25.5. The van der Waals surface area contributed by atoms with E-state index >= 15 is 0 Å². The highest BCUT2D eigenvalue weighted by molar-refractivity contribution is 7.10. The Kier molecular flexibility index (Phi) is 4.15. The van der Waals surface area contributed by atoms with Crippen molar-refractivity contribution in [3.63, 3.8) is 0 Å². The van der Waals surface area contributed by atoms with Crippen molar-refractivity contribution in [3.05, 3.63) is 28.5 Å². The van der Waals surface area contributed by atoms with Crippen LogP contribution in [0.5, 0.6) is 0 Å². The van der Waals surface area contributed by atoms with Crippen molar-refractivity contribution >= 4 is 29.3 Å². The molecule has 1 aromatic rings. The van der Waals surface area contributed by atoms with Crippen LogP contribution in [0.25, 0.3) is 6.08 Å². The van der Waals surface area contributed by atoms with E-state index in [-0.39, 0.29) is 5.91 Å². The number of hydrogen-bond donors (Lipinski definition) is 1. The molecule has 1 saturated heterocycles. The lowest BCUT2D eigenvalue weighted by Gasteiger charge is -2.32. The highest BCUT2D eigenvalue weighted by Gasteiger charge is 2.30. The molecular weight excluding hydrogens is 250 g/mol. The molecular formula is C13H15NO3S. The molecule has 96 valence electrons. The van der Waals surface area contributed by atoms with Crippen LogP contribution in [0, 0.1) is 0 Å². The van der Waals surface area contributed by atoms with Gasteiger partial charge in [0.05, 0.1) is 0 Å². The molecule has 0 aliphatic carbocycles. The topological polar surface area (TPSA) is 57.6 Å². The van der Waals surface area contributed by atoms with Crippen LogP contribution in [0.1, 0.15) is 24.1 Å². The summed E-state index contributed by atoms with van der Waals surface area (Å²) >= 11 is 1.54. The van der Waals surface area contributed by atoms with Crippen LogP contribution in [0.2, 0.25) is 0 Å². The Hall–Kier alpha value is -1.62. The van der Waals surface area contributed by atoms with Gasteiger partial charge in [0, 0.05) is 17.5 Å². The average molecular weight is 265 g/mol. The third kappa shape index (κ3) is 2.98. The second-order valence-electron chi connectivity index (χ2n) is 4.23. The maximum atomic E-state index is 12.0. The van der Waals surface area contributed by atoms with Crippen LogP contribution in [0.15, 0.2) is 23.6 Å². The minimum absolute atomic E-state index is 0.212. The Bertz CT molecular complexity index is 453. The van der Waals surface area contributed by atoms with Gasteiger partial charge in [0.25, 0.3) is 0 Å². The first-order chi connectivity index (χ1) is 8.68. The number of carboxylic acid groups (broad SMARTS) is 1. The SMILES string of the molecule is O=C(O)[C@@H]1CCCCN1C(=O)/C=C\c1cccs1. The van der Waals surface area contributed by atoms with Crippen molar-refractivity contribution < 1.29 is 14.7 Å². The molecule has 1 fully saturated rings. The number of piperidine rings is 1. The zero-order valence-electron chi connectivity index (χ0n) is 9.91. The predicted octanol–water partition coefficient (Wildman–Crippen LogP) is 2.23. The van der Waals surface area contributed by atoms with E-state index < -0.39 is 12.0 Å². The van der Waals surface area contributed by atoms with Crippen molar-refractivity contribution in [2.24, 2.45) is 0 Å². The third-order valence-corrected chi connectivity index (χ3v) is 3.84. The highest BCUT2D eigenvalue weighted by Crippen LogP contribution is 2.18. The fraction of sp³-hybridized carbons (Fsp3) is 0.385. The summed E-state index contributed by atoms with van der Waals surface area (Å²) < 4.78 is 0. The van der Waals surface area contributed by atoms with Gasteiger partial charge in [-0.25, -0.2) is 4.79 Å². The largest absolute Gasteiger partial charge is 0.480 e. The van der Waals surface area contributed by atoms with Gasteiger partial charge < -0.3 is 10.0 Å². The number of aliphatic carboxylic acids is 1. The lowest BCUT2D eigenvalue weighted by atomic mass is 10.0. The molecule has 2 heterocycles. The fourth-order valence-electron chi connectivity index (χ4n) is 2.09. The fourth-order valence-corrected chi connectivity index (χ4v) is 2.71. The van der Waals surface area contributed by atoms with E-state index in [1.807, 2.05) is 17.5 Å². The smallest absolute Gasteiger partial charge is 0.326 e. The Balaban J connectivity index is 2.04. The van der Waals surface area contributed by atoms with Gasteiger partial charge in [-0.05, 0) is 36.8 Å². The maximum absolute atomic E-state index is 12.0. The van der Waals surface area contributed by atoms with E-state index in [1.54, 1.807) is 17.4 Å². The molecule has 1 aromatic heterocycles. The standard InChI is InChI=1S/C13H15NO3S/c15-12(7-6-10-4-3-9-18-10)14-8-2-1-5-11(14)13(16)17/h3-4,6-7,9,11H,1-2,5,8H2,(H,16,17)/b7-6-/t11-/m0/s1. The minimum atomic E-state index is -0.910. The highest BCUT2D eigenvalue weighted by atomic mass is 32.1. The number of hydrogen-bond acceptors (Lipinski definition) is 3. The van der Waals surface area contributed by atoms with E-state index in [4.69, 9.17) is 5.11 Å². The van der Waals surface area contributed by atoms with E-state index in [9.17, 15) is 9.59 Å². The number of thiophene rings is 1. The number of carbonyl (C=O) groups excluding carboxylic acids is 1. The summed E-state index contributed by atoms with van der Waals surface area (Å²) in [5.41, 5.74) is 0. The molecule has 1 aliphatic heterocycles. The van der Waals surface area contributed by atoms with E-state index in [2.05, 4.69) is 0 Å². The van der Waals surface area contributed by atoms with Crippen LogP contribution >= 0.6 is 11.3 Å². The molecule has 1 aliphatic rings. The van der Waals surface area contributed by atoms with Gasteiger partial charge in [-0.1, -0.05) is 6.07 Å². The molecule has 4 nitrogen and oxygen atoms in total. The quantitative estimate of drug-likeness (QED) is 0.853. The molecule has 0 unspecified atom stereocenters. The van der Waals surface area contributed by atoms with E-state index in [0.717, 1.165) is 17.7 Å². The normalized spacial score (nSPS) is 20.2. The molecule has 0 bridgehead atoms. The van der Waals surface area contributed by atoms with E-state index in [1.165, 1.54) is 11.0 Å². The first-order valence-corrected chi connectivity index (χ1v) is 6.81. The number of carbonyl (C=O) groups is 2. The van der Waals surface area contributed by atoms with Gasteiger partial charge in [-0.2, -0.15) is 0 Å². The maximum Gasteiger partial charge on any atom is 0.326 e. The third-order valence-electron chi connectivity index (χ3n) is 3.00. The summed E-state index contributed by atoms with van der Waals surface area (Å²) in [6.45, 7) is 0.532. The van der Waals surface area contributed by atoms with Gasteiger partial charge in [0.15, 0.2) is 0 Å². The number of rotatable bonds is 3. The monoisotopic (exact) mass is 265 g/mol. The van der Waals surface area contributed by atoms with Crippen LogP contribution in [-0.2, 0) is 9.59 Å². The summed E-state index contributed by atoms with van der Waals surface area (Å²) in [5, 5.41) is 11.0. The van der Waals surface area contributed by atoms with Crippen molar-refractivity contribution in [3.8, 4) is 0 Å². The second-order valence-corrected chi connectivity index (χ2v) is 5.21. The van der Waals surface area contributed by atoms with Crippen LogP contribution in [-0.4, -0.2) is 34.5 Å². The van der Waals surface area contributed by atoms with E-state index in [0.29, 0.717) is 13.0 Å². The lowest BCUT2D eigenvalue weighted by molar-refractivity contribution is -0.150. The first kappa shape index (κ1) is 12.8. The molecule has 0 saturated carbocycles. The molecule has 18 heavy (non-hydrogen) atoms. The van der Waals surface area contributed by atoms with Gasteiger partial charge in [-0.3, -0.25) is 4.79 Å². The number of likely N-dealkylation sites (tertiary alicyclic amines) is 1. The zero-order chi connectivity index (χ0) is 13.0. The zero-order valence-corrected chi connectivity index (χ0v) is 10.7. The summed E-state index contributed by atoms with van der Waals surface area (Å²) in [6.07, 6.45) is 5.50. The Morgan fingerprint density at radius 2 is 2.28 bits per heavy atom. The molecule has 1 N–H and O–H groups in total. The number of nitrogens with zero attached hydrogens (tertiary/aromatic N) is 1. The van der Waals surface area contributed by atoms with Gasteiger partial charge in [0.1, 0.15) is 6.04 Å². The molecule has 2 rings (SSSR count). The van der Waals surface area contributed by atoms with Crippen molar-refractivity contribution in [1.82, 2.24) is 4.90 Å². The van der Waals surface area contributed by atoms with Gasteiger partial charge in [0.2, 0.25) is 5.91 Å². The summed E-state index contributed by atoms with van der Waals surface area (Å²) in [5.74, 6) is -1.12. The van der Waals surface area contributed by atoms with Gasteiger partial charge >= 0.3 is 5.97 Å². The first-order valence-electron chi connectivity index (χ1n) is 5.93. The molecule has 0 aromatic carbocycles. The second kappa shape index (κ2) is 5.82. The molecule has 5 heteroatoms. The molecule has 1 atom stereocenters. The minimum Gasteiger partial charge on any atom is -0.480 e. The molecule has 1 amide bonds. The van der Waals surface area contributed by atoms with Crippen molar-refractivity contribution in [2.75, 3.05) is 6.54 Å². The van der Waals surface area contributed by atoms with Crippen LogP contribution < -0.4 is 0 Å². The van der Waals surface area contributed by atoms with Crippen molar-refractivity contribution in [1.29, 1.82) is 0 Å². The Labute approximate surface area is 110 Å².